The topological polar surface area (TPSA) is 73.9 Å². The first-order valence-corrected chi connectivity index (χ1v) is 6.63. The van der Waals surface area contributed by atoms with E-state index in [4.69, 9.17) is 0 Å². The molecule has 0 bridgehead atoms. The van der Waals surface area contributed by atoms with Crippen molar-refractivity contribution in [1.82, 2.24) is 25.4 Å². The molecular weight excluding hydrogens is 254 g/mol. The van der Waals surface area contributed by atoms with Crippen LogP contribution in [-0.2, 0) is 24.3 Å². The van der Waals surface area contributed by atoms with Gasteiger partial charge in [0, 0.05) is 13.6 Å². The molecule has 2 aromatic rings. The molecule has 1 aromatic heterocycles. The zero-order chi connectivity index (χ0) is 13.9. The van der Waals surface area contributed by atoms with Crippen molar-refractivity contribution in [2.24, 2.45) is 0 Å². The van der Waals surface area contributed by atoms with Crippen molar-refractivity contribution in [2.45, 2.75) is 25.6 Å². The van der Waals surface area contributed by atoms with E-state index in [1.54, 1.807) is 11.9 Å². The Hall–Kier alpha value is -2.21. The summed E-state index contributed by atoms with van der Waals surface area (Å²) in [4.78, 5) is 18.1. The Morgan fingerprint density at radius 2 is 2.20 bits per heavy atom. The van der Waals surface area contributed by atoms with E-state index < -0.39 is 0 Å². The van der Waals surface area contributed by atoms with E-state index in [0.717, 1.165) is 13.0 Å². The third kappa shape index (κ3) is 2.55. The monoisotopic (exact) mass is 271 g/mol. The molecule has 1 aliphatic heterocycles. The molecule has 1 aliphatic rings. The lowest BCUT2D eigenvalue weighted by molar-refractivity contribution is -0.133. The van der Waals surface area contributed by atoms with Crippen LogP contribution in [0.2, 0.25) is 0 Å². The van der Waals surface area contributed by atoms with Crippen molar-refractivity contribution < 1.29 is 4.79 Å². The molecule has 20 heavy (non-hydrogen) atoms. The van der Waals surface area contributed by atoms with Crippen LogP contribution >= 0.6 is 0 Å². The first-order valence-electron chi connectivity index (χ1n) is 6.63. The van der Waals surface area contributed by atoms with Gasteiger partial charge in [0.25, 0.3) is 0 Å². The van der Waals surface area contributed by atoms with Crippen LogP contribution in [0, 0.1) is 0 Å². The molecule has 3 rings (SSSR count). The number of nitrogens with zero attached hydrogens (tertiary/aromatic N) is 3. The van der Waals surface area contributed by atoms with Gasteiger partial charge in [-0.2, -0.15) is 5.10 Å². The predicted octanol–water partition coefficient (Wildman–Crippen LogP) is 0.478. The van der Waals surface area contributed by atoms with Gasteiger partial charge in [-0.15, -0.1) is 0 Å². The maximum Gasteiger partial charge on any atom is 0.240 e. The zero-order valence-electron chi connectivity index (χ0n) is 11.3. The third-order valence-electron chi connectivity index (χ3n) is 3.61. The van der Waals surface area contributed by atoms with Crippen molar-refractivity contribution in [1.29, 1.82) is 0 Å². The van der Waals surface area contributed by atoms with Gasteiger partial charge < -0.3 is 10.2 Å². The molecule has 0 saturated carbocycles. The summed E-state index contributed by atoms with van der Waals surface area (Å²) >= 11 is 0. The first kappa shape index (κ1) is 12.8. The van der Waals surface area contributed by atoms with Crippen molar-refractivity contribution in [3.05, 3.63) is 47.5 Å². The zero-order valence-corrected chi connectivity index (χ0v) is 11.3. The van der Waals surface area contributed by atoms with Gasteiger partial charge >= 0.3 is 0 Å². The standard InChI is InChI=1S/C14H17N5O/c1-19(8-13-16-9-17-18-13)14(20)12-6-10-4-2-3-5-11(10)7-15-12/h2-5,9,12,15H,6-8H2,1H3,(H,16,17,18). The molecule has 104 valence electrons. The Kier molecular flexibility index (Phi) is 3.47. The fraction of sp³-hybridized carbons (Fsp3) is 0.357. The van der Waals surface area contributed by atoms with Crippen molar-refractivity contribution >= 4 is 5.91 Å². The fourth-order valence-corrected chi connectivity index (χ4v) is 2.50. The normalized spacial score (nSPS) is 17.6. The molecule has 1 atom stereocenters. The quantitative estimate of drug-likeness (QED) is 0.851. The summed E-state index contributed by atoms with van der Waals surface area (Å²) in [6.45, 7) is 1.18. The van der Waals surface area contributed by atoms with E-state index >= 15 is 0 Å². The van der Waals surface area contributed by atoms with Gasteiger partial charge in [-0.05, 0) is 17.5 Å². The van der Waals surface area contributed by atoms with Crippen LogP contribution in [0.5, 0.6) is 0 Å². The molecule has 2 N–H and O–H groups in total. The smallest absolute Gasteiger partial charge is 0.240 e. The molecule has 1 amide bonds. The van der Waals surface area contributed by atoms with Gasteiger partial charge in [-0.25, -0.2) is 4.98 Å². The Balaban J connectivity index is 1.66. The Labute approximate surface area is 117 Å². The molecule has 0 radical (unpaired) electrons. The number of fused-ring (bicyclic) bond motifs is 1. The van der Waals surface area contributed by atoms with E-state index in [2.05, 4.69) is 32.6 Å². The minimum absolute atomic E-state index is 0.0795. The molecule has 1 unspecified atom stereocenters. The van der Waals surface area contributed by atoms with Crippen LogP contribution in [0.25, 0.3) is 0 Å². The lowest BCUT2D eigenvalue weighted by atomic mass is 9.95. The summed E-state index contributed by atoms with van der Waals surface area (Å²) in [5.41, 5.74) is 2.52. The highest BCUT2D eigenvalue weighted by Gasteiger charge is 2.26. The number of H-pyrrole nitrogens is 1. The van der Waals surface area contributed by atoms with E-state index in [0.29, 0.717) is 12.4 Å². The van der Waals surface area contributed by atoms with Gasteiger partial charge in [0.1, 0.15) is 12.2 Å². The largest absolute Gasteiger partial charge is 0.337 e. The number of likely N-dealkylation sites (N-methyl/N-ethyl adjacent to an activating group) is 1. The third-order valence-corrected chi connectivity index (χ3v) is 3.61. The molecule has 1 aromatic carbocycles. The van der Waals surface area contributed by atoms with Crippen molar-refractivity contribution in [3.63, 3.8) is 0 Å². The highest BCUT2D eigenvalue weighted by Crippen LogP contribution is 2.17. The van der Waals surface area contributed by atoms with Gasteiger partial charge in [0.05, 0.1) is 12.6 Å². The summed E-state index contributed by atoms with van der Waals surface area (Å²) in [5.74, 6) is 0.771. The van der Waals surface area contributed by atoms with Crippen LogP contribution in [0.4, 0.5) is 0 Å². The molecule has 0 aliphatic carbocycles. The van der Waals surface area contributed by atoms with E-state index in [9.17, 15) is 4.79 Å². The number of benzene rings is 1. The van der Waals surface area contributed by atoms with Gasteiger partial charge in [0.15, 0.2) is 0 Å². The lowest BCUT2D eigenvalue weighted by Crippen LogP contribution is -2.48. The number of carbonyl (C=O) groups excluding carboxylic acids is 1. The number of hydrogen-bond acceptors (Lipinski definition) is 4. The molecule has 6 nitrogen and oxygen atoms in total. The van der Waals surface area contributed by atoms with Crippen LogP contribution in [0.3, 0.4) is 0 Å². The molecule has 2 heterocycles. The highest BCUT2D eigenvalue weighted by atomic mass is 16.2. The Bertz CT molecular complexity index is 595. The molecule has 0 fully saturated rings. The second kappa shape index (κ2) is 5.42. The van der Waals surface area contributed by atoms with Gasteiger partial charge in [-0.1, -0.05) is 24.3 Å². The SMILES string of the molecule is CN(Cc1ncn[nH]1)C(=O)C1Cc2ccccc2CN1. The Morgan fingerprint density at radius 1 is 1.40 bits per heavy atom. The predicted molar refractivity (Wildman–Crippen MR) is 73.6 cm³/mol. The Morgan fingerprint density at radius 3 is 2.95 bits per heavy atom. The van der Waals surface area contributed by atoms with Crippen LogP contribution < -0.4 is 5.32 Å². The minimum atomic E-state index is -0.169. The number of rotatable bonds is 3. The summed E-state index contributed by atoms with van der Waals surface area (Å²) in [5, 5.41) is 9.85. The average Bonchev–Trinajstić information content (AvgIpc) is 2.99. The number of nitrogens with one attached hydrogen (secondary N) is 2. The summed E-state index contributed by atoms with van der Waals surface area (Å²) in [7, 11) is 1.78. The van der Waals surface area contributed by atoms with Gasteiger partial charge in [0.2, 0.25) is 5.91 Å². The van der Waals surface area contributed by atoms with E-state index in [-0.39, 0.29) is 11.9 Å². The number of amides is 1. The first-order chi connectivity index (χ1) is 9.74. The second-order valence-corrected chi connectivity index (χ2v) is 5.03. The number of carbonyl (C=O) groups is 1. The lowest BCUT2D eigenvalue weighted by Gasteiger charge is -2.28. The second-order valence-electron chi connectivity index (χ2n) is 5.03. The van der Waals surface area contributed by atoms with Crippen LogP contribution in [0.1, 0.15) is 17.0 Å². The number of hydrogen-bond donors (Lipinski definition) is 2. The van der Waals surface area contributed by atoms with Crippen molar-refractivity contribution in [2.75, 3.05) is 7.05 Å². The summed E-state index contributed by atoms with van der Waals surface area (Å²) in [6.07, 6.45) is 2.18. The van der Waals surface area contributed by atoms with E-state index in [1.165, 1.54) is 17.5 Å². The van der Waals surface area contributed by atoms with Gasteiger partial charge in [-0.3, -0.25) is 9.89 Å². The van der Waals surface area contributed by atoms with Crippen molar-refractivity contribution in [3.8, 4) is 0 Å². The summed E-state index contributed by atoms with van der Waals surface area (Å²) < 4.78 is 0. The van der Waals surface area contributed by atoms with E-state index in [1.807, 2.05) is 12.1 Å². The maximum atomic E-state index is 12.4. The highest BCUT2D eigenvalue weighted by molar-refractivity contribution is 5.82. The minimum Gasteiger partial charge on any atom is -0.337 e. The summed E-state index contributed by atoms with van der Waals surface area (Å²) in [6, 6.07) is 8.06. The van der Waals surface area contributed by atoms with Crippen LogP contribution in [0.15, 0.2) is 30.6 Å². The number of aromatic amines is 1. The molecule has 0 spiro atoms. The number of aromatic nitrogens is 3. The molecule has 6 heteroatoms. The average molecular weight is 271 g/mol. The molecule has 0 saturated heterocycles. The fourth-order valence-electron chi connectivity index (χ4n) is 2.50. The maximum absolute atomic E-state index is 12.4. The van der Waals surface area contributed by atoms with Crippen LogP contribution in [-0.4, -0.2) is 39.1 Å². The molecular formula is C14H17N5O.